The van der Waals surface area contributed by atoms with Crippen LogP contribution in [0, 0.1) is 11.6 Å². The zero-order valence-electron chi connectivity index (χ0n) is 9.47. The summed E-state index contributed by atoms with van der Waals surface area (Å²) in [4.78, 5) is -0.581. The van der Waals surface area contributed by atoms with Gasteiger partial charge in [-0.15, -0.1) is 0 Å². The maximum atomic E-state index is 13.4. The van der Waals surface area contributed by atoms with Crippen molar-refractivity contribution in [1.29, 1.82) is 0 Å². The quantitative estimate of drug-likeness (QED) is 0.851. The second kappa shape index (κ2) is 4.85. The fourth-order valence-electron chi connectivity index (χ4n) is 1.45. The monoisotopic (exact) mass is 285 g/mol. The van der Waals surface area contributed by atoms with E-state index in [0.717, 1.165) is 30.3 Å². The van der Waals surface area contributed by atoms with E-state index in [4.69, 9.17) is 5.11 Å². The summed E-state index contributed by atoms with van der Waals surface area (Å²) in [5, 5.41) is 9.02. The number of phenolic OH excluding ortho intramolecular Hbond substituents is 1. The van der Waals surface area contributed by atoms with Gasteiger partial charge in [-0.1, -0.05) is 12.1 Å². The van der Waals surface area contributed by atoms with E-state index in [-0.39, 0.29) is 11.4 Å². The molecule has 0 aliphatic carbocycles. The first-order chi connectivity index (χ1) is 8.90. The highest BCUT2D eigenvalue weighted by atomic mass is 32.2. The van der Waals surface area contributed by atoms with Gasteiger partial charge in [0.15, 0.2) is 5.82 Å². The lowest BCUT2D eigenvalue weighted by atomic mass is 10.3. The van der Waals surface area contributed by atoms with Crippen molar-refractivity contribution in [3.63, 3.8) is 0 Å². The van der Waals surface area contributed by atoms with Crippen molar-refractivity contribution in [3.05, 3.63) is 54.1 Å². The van der Waals surface area contributed by atoms with E-state index in [0.29, 0.717) is 0 Å². The summed E-state index contributed by atoms with van der Waals surface area (Å²) in [6.45, 7) is 0. The number of phenols is 1. The molecule has 2 N–H and O–H groups in total. The summed E-state index contributed by atoms with van der Waals surface area (Å²) < 4.78 is 52.5. The molecule has 0 aliphatic heterocycles. The van der Waals surface area contributed by atoms with Gasteiger partial charge in [0.25, 0.3) is 10.0 Å². The van der Waals surface area contributed by atoms with Gasteiger partial charge in [0, 0.05) is 6.07 Å². The number of hydrogen-bond acceptors (Lipinski definition) is 3. The maximum Gasteiger partial charge on any atom is 0.264 e. The Morgan fingerprint density at radius 3 is 2.32 bits per heavy atom. The van der Waals surface area contributed by atoms with Crippen molar-refractivity contribution >= 4 is 15.7 Å². The van der Waals surface area contributed by atoms with E-state index in [9.17, 15) is 17.2 Å². The molecule has 0 saturated heterocycles. The third-order valence-corrected chi connectivity index (χ3v) is 3.72. The van der Waals surface area contributed by atoms with Crippen LogP contribution in [-0.2, 0) is 10.0 Å². The molecule has 100 valence electrons. The van der Waals surface area contributed by atoms with Crippen LogP contribution in [0.4, 0.5) is 14.5 Å². The van der Waals surface area contributed by atoms with Crippen molar-refractivity contribution in [1.82, 2.24) is 0 Å². The zero-order chi connectivity index (χ0) is 14.0. The van der Waals surface area contributed by atoms with Crippen molar-refractivity contribution < 1.29 is 22.3 Å². The molecule has 0 unspecified atom stereocenters. The molecule has 7 heteroatoms. The summed E-state index contributed by atoms with van der Waals surface area (Å²) in [6.07, 6.45) is 0. The van der Waals surface area contributed by atoms with Crippen LogP contribution in [0.3, 0.4) is 0 Å². The lowest BCUT2D eigenvalue weighted by molar-refractivity contribution is 0.469. The lowest BCUT2D eigenvalue weighted by Crippen LogP contribution is -2.15. The van der Waals surface area contributed by atoms with E-state index >= 15 is 0 Å². The van der Waals surface area contributed by atoms with Gasteiger partial charge < -0.3 is 5.11 Å². The summed E-state index contributed by atoms with van der Waals surface area (Å²) >= 11 is 0. The van der Waals surface area contributed by atoms with Crippen molar-refractivity contribution in [3.8, 4) is 5.75 Å². The highest BCUT2D eigenvalue weighted by molar-refractivity contribution is 7.92. The molecule has 0 radical (unpaired) electrons. The Bertz CT molecular complexity index is 717. The van der Waals surface area contributed by atoms with E-state index in [2.05, 4.69) is 0 Å². The van der Waals surface area contributed by atoms with Crippen LogP contribution in [0.5, 0.6) is 5.75 Å². The Morgan fingerprint density at radius 1 is 1.00 bits per heavy atom. The Labute approximate surface area is 108 Å². The topological polar surface area (TPSA) is 66.4 Å². The summed E-state index contributed by atoms with van der Waals surface area (Å²) in [7, 11) is -4.23. The Balaban J connectivity index is 2.40. The fourth-order valence-corrected chi connectivity index (χ4v) is 2.60. The van der Waals surface area contributed by atoms with E-state index < -0.39 is 26.6 Å². The van der Waals surface area contributed by atoms with Crippen molar-refractivity contribution in [2.24, 2.45) is 0 Å². The third-order valence-electron chi connectivity index (χ3n) is 2.32. The van der Waals surface area contributed by atoms with Gasteiger partial charge in [0.2, 0.25) is 0 Å². The molecule has 0 spiro atoms. The van der Waals surface area contributed by atoms with Crippen LogP contribution in [0.15, 0.2) is 47.4 Å². The predicted molar refractivity (Wildman–Crippen MR) is 65.3 cm³/mol. The molecule has 0 saturated carbocycles. The molecule has 0 aliphatic rings. The highest BCUT2D eigenvalue weighted by Gasteiger charge is 2.20. The van der Waals surface area contributed by atoms with E-state index in [1.165, 1.54) is 12.1 Å². The van der Waals surface area contributed by atoms with Crippen LogP contribution < -0.4 is 4.72 Å². The second-order valence-corrected chi connectivity index (χ2v) is 5.35. The smallest absolute Gasteiger partial charge is 0.264 e. The van der Waals surface area contributed by atoms with Gasteiger partial charge in [-0.05, 0) is 24.3 Å². The number of aromatic hydroxyl groups is 1. The molecule has 0 bridgehead atoms. The Kier molecular flexibility index (Phi) is 3.39. The number of benzene rings is 2. The van der Waals surface area contributed by atoms with Gasteiger partial charge in [-0.3, -0.25) is 4.72 Å². The fraction of sp³-hybridized carbons (Fsp3) is 0. The summed E-state index contributed by atoms with van der Waals surface area (Å²) in [5.74, 6) is -2.24. The van der Waals surface area contributed by atoms with Crippen molar-refractivity contribution in [2.75, 3.05) is 4.72 Å². The third kappa shape index (κ3) is 2.82. The summed E-state index contributed by atoms with van der Waals surface area (Å²) in [6, 6.07) is 7.66. The average molecular weight is 285 g/mol. The first-order valence-electron chi connectivity index (χ1n) is 5.16. The zero-order valence-corrected chi connectivity index (χ0v) is 10.3. The van der Waals surface area contributed by atoms with E-state index in [1.54, 1.807) is 0 Å². The molecular weight excluding hydrogens is 276 g/mol. The molecule has 0 amide bonds. The Hall–Kier alpha value is -2.15. The Morgan fingerprint density at radius 2 is 1.68 bits per heavy atom. The van der Waals surface area contributed by atoms with Gasteiger partial charge in [-0.2, -0.15) is 0 Å². The normalized spacial score (nSPS) is 11.3. The largest absolute Gasteiger partial charge is 0.508 e. The molecule has 2 aromatic rings. The van der Waals surface area contributed by atoms with Crippen molar-refractivity contribution in [2.45, 2.75) is 4.90 Å². The minimum Gasteiger partial charge on any atom is -0.508 e. The molecule has 19 heavy (non-hydrogen) atoms. The summed E-state index contributed by atoms with van der Waals surface area (Å²) in [5.41, 5.74) is -0.374. The molecular formula is C12H9F2NO3S. The van der Waals surface area contributed by atoms with Gasteiger partial charge in [-0.25, -0.2) is 17.2 Å². The predicted octanol–water partition coefficient (Wildman–Crippen LogP) is 2.47. The second-order valence-electron chi connectivity index (χ2n) is 3.70. The molecule has 2 aromatic carbocycles. The van der Waals surface area contributed by atoms with Gasteiger partial charge in [0.1, 0.15) is 16.5 Å². The lowest BCUT2D eigenvalue weighted by Gasteiger charge is -2.09. The number of rotatable bonds is 3. The first kappa shape index (κ1) is 13.3. The number of sulfonamides is 1. The van der Waals surface area contributed by atoms with Crippen LogP contribution in [0.1, 0.15) is 0 Å². The van der Waals surface area contributed by atoms with E-state index in [1.807, 2.05) is 4.72 Å². The van der Waals surface area contributed by atoms with Crippen LogP contribution >= 0.6 is 0 Å². The minimum atomic E-state index is -4.23. The highest BCUT2D eigenvalue weighted by Crippen LogP contribution is 2.23. The molecule has 4 nitrogen and oxygen atoms in total. The molecule has 0 atom stereocenters. The molecule has 0 fully saturated rings. The number of halogens is 2. The van der Waals surface area contributed by atoms with Gasteiger partial charge in [0.05, 0.1) is 5.69 Å². The molecule has 0 aromatic heterocycles. The van der Waals surface area contributed by atoms with Crippen LogP contribution in [0.25, 0.3) is 0 Å². The number of nitrogens with one attached hydrogen (secondary N) is 1. The number of anilines is 1. The first-order valence-corrected chi connectivity index (χ1v) is 6.64. The van der Waals surface area contributed by atoms with Crippen LogP contribution in [-0.4, -0.2) is 13.5 Å². The van der Waals surface area contributed by atoms with Gasteiger partial charge >= 0.3 is 0 Å². The average Bonchev–Trinajstić information content (AvgIpc) is 2.33. The number of hydrogen-bond donors (Lipinski definition) is 2. The van der Waals surface area contributed by atoms with Crippen LogP contribution in [0.2, 0.25) is 0 Å². The molecule has 2 rings (SSSR count). The minimum absolute atomic E-state index is 0.341. The maximum absolute atomic E-state index is 13.4. The molecule has 0 heterocycles. The standard InChI is InChI=1S/C12H9F2NO3S/c13-9-3-1-2-4-12(9)19(17,18)15-11-6-5-8(16)7-10(11)14/h1-7,15-16H. The SMILES string of the molecule is O=S(=O)(Nc1ccc(O)cc1F)c1ccccc1F.